The molecule has 0 bridgehead atoms. The van der Waals surface area contributed by atoms with Crippen LogP contribution in [0.1, 0.15) is 79.1 Å². The van der Waals surface area contributed by atoms with Crippen molar-refractivity contribution in [1.29, 1.82) is 0 Å². The fourth-order valence-corrected chi connectivity index (χ4v) is 4.12. The van der Waals surface area contributed by atoms with Crippen molar-refractivity contribution >= 4 is 0 Å². The summed E-state index contributed by atoms with van der Waals surface area (Å²) in [6.07, 6.45) is 10.5. The lowest BCUT2D eigenvalue weighted by molar-refractivity contribution is 0.00594. The van der Waals surface area contributed by atoms with Crippen molar-refractivity contribution in [3.8, 4) is 0 Å². The molecular weight excluding hydrogens is 232 g/mol. The van der Waals surface area contributed by atoms with Crippen LogP contribution in [0.4, 0.5) is 0 Å². The van der Waals surface area contributed by atoms with Crippen molar-refractivity contribution in [3.05, 3.63) is 0 Å². The first-order valence-electron chi connectivity index (χ1n) is 8.57. The molecule has 19 heavy (non-hydrogen) atoms. The molecule has 0 spiro atoms. The average molecular weight is 268 g/mol. The molecule has 0 saturated carbocycles. The van der Waals surface area contributed by atoms with E-state index in [0.717, 1.165) is 6.54 Å². The van der Waals surface area contributed by atoms with Crippen molar-refractivity contribution in [2.45, 2.75) is 84.6 Å². The Morgan fingerprint density at radius 3 is 1.74 bits per heavy atom. The standard InChI is InChI=1S/C17H36N2/c1-5-9-17(15-18,10-6-2)19-13-11-16(7-3,8-4)12-14-19/h5-15,18H2,1-4H3. The summed E-state index contributed by atoms with van der Waals surface area (Å²) in [4.78, 5) is 2.74. The number of nitrogens with zero attached hydrogens (tertiary/aromatic N) is 1. The summed E-state index contributed by atoms with van der Waals surface area (Å²) in [5, 5.41) is 0. The molecule has 0 radical (unpaired) electrons. The van der Waals surface area contributed by atoms with E-state index in [1.54, 1.807) is 0 Å². The Kier molecular flexibility index (Phi) is 6.82. The van der Waals surface area contributed by atoms with Crippen LogP contribution in [-0.2, 0) is 0 Å². The lowest BCUT2D eigenvalue weighted by Crippen LogP contribution is -2.57. The van der Waals surface area contributed by atoms with Gasteiger partial charge in [0.2, 0.25) is 0 Å². The molecule has 0 aliphatic carbocycles. The van der Waals surface area contributed by atoms with E-state index in [2.05, 4.69) is 32.6 Å². The summed E-state index contributed by atoms with van der Waals surface area (Å²) in [6.45, 7) is 12.7. The second kappa shape index (κ2) is 7.64. The zero-order chi connectivity index (χ0) is 14.4. The van der Waals surface area contributed by atoms with Crippen molar-refractivity contribution < 1.29 is 0 Å². The van der Waals surface area contributed by atoms with Gasteiger partial charge in [0.1, 0.15) is 0 Å². The first-order valence-corrected chi connectivity index (χ1v) is 8.57. The van der Waals surface area contributed by atoms with Crippen LogP contribution in [0.2, 0.25) is 0 Å². The molecule has 2 nitrogen and oxygen atoms in total. The second-order valence-electron chi connectivity index (χ2n) is 6.62. The Hall–Kier alpha value is -0.0800. The van der Waals surface area contributed by atoms with E-state index in [0.29, 0.717) is 5.41 Å². The van der Waals surface area contributed by atoms with Crippen LogP contribution in [0.15, 0.2) is 0 Å². The Morgan fingerprint density at radius 1 is 0.947 bits per heavy atom. The number of hydrogen-bond acceptors (Lipinski definition) is 2. The van der Waals surface area contributed by atoms with Gasteiger partial charge in [-0.2, -0.15) is 0 Å². The largest absolute Gasteiger partial charge is 0.329 e. The van der Waals surface area contributed by atoms with E-state index in [9.17, 15) is 0 Å². The number of nitrogens with two attached hydrogens (primary N) is 1. The SMILES string of the molecule is CCCC(CN)(CCC)N1CCC(CC)(CC)CC1. The number of rotatable bonds is 8. The minimum atomic E-state index is 0.289. The van der Waals surface area contributed by atoms with Gasteiger partial charge in [0.25, 0.3) is 0 Å². The van der Waals surface area contributed by atoms with Crippen LogP contribution in [-0.4, -0.2) is 30.1 Å². The van der Waals surface area contributed by atoms with Crippen molar-refractivity contribution in [1.82, 2.24) is 4.90 Å². The zero-order valence-corrected chi connectivity index (χ0v) is 13.8. The van der Waals surface area contributed by atoms with Gasteiger partial charge in [-0.25, -0.2) is 0 Å². The van der Waals surface area contributed by atoms with E-state index in [1.807, 2.05) is 0 Å². The van der Waals surface area contributed by atoms with Crippen molar-refractivity contribution in [2.75, 3.05) is 19.6 Å². The maximum atomic E-state index is 6.20. The molecule has 2 heteroatoms. The highest BCUT2D eigenvalue weighted by Gasteiger charge is 2.39. The number of piperidine rings is 1. The third-order valence-corrected chi connectivity index (χ3v) is 5.81. The lowest BCUT2D eigenvalue weighted by atomic mass is 9.72. The summed E-state index contributed by atoms with van der Waals surface area (Å²) in [5.74, 6) is 0. The molecule has 0 unspecified atom stereocenters. The summed E-state index contributed by atoms with van der Waals surface area (Å²) < 4.78 is 0. The quantitative estimate of drug-likeness (QED) is 0.715. The fourth-order valence-electron chi connectivity index (χ4n) is 4.12. The van der Waals surface area contributed by atoms with Gasteiger partial charge in [-0.15, -0.1) is 0 Å². The van der Waals surface area contributed by atoms with Crippen LogP contribution < -0.4 is 5.73 Å². The Labute approximate surface area is 121 Å². The smallest absolute Gasteiger partial charge is 0.0331 e. The third kappa shape index (κ3) is 3.72. The summed E-state index contributed by atoms with van der Waals surface area (Å²) in [7, 11) is 0. The second-order valence-corrected chi connectivity index (χ2v) is 6.62. The molecule has 1 heterocycles. The predicted molar refractivity (Wildman–Crippen MR) is 85.4 cm³/mol. The molecule has 0 aromatic carbocycles. The van der Waals surface area contributed by atoms with Crippen LogP contribution in [0.5, 0.6) is 0 Å². The molecule has 0 amide bonds. The first kappa shape index (κ1) is 17.0. The summed E-state index contributed by atoms with van der Waals surface area (Å²) in [6, 6.07) is 0. The van der Waals surface area contributed by atoms with Gasteiger partial charge in [0, 0.05) is 12.1 Å². The average Bonchev–Trinajstić information content (AvgIpc) is 2.47. The van der Waals surface area contributed by atoms with Crippen molar-refractivity contribution in [2.24, 2.45) is 11.1 Å². The topological polar surface area (TPSA) is 29.3 Å². The van der Waals surface area contributed by atoms with E-state index >= 15 is 0 Å². The van der Waals surface area contributed by atoms with Gasteiger partial charge in [0.15, 0.2) is 0 Å². The van der Waals surface area contributed by atoms with Crippen LogP contribution in [0.3, 0.4) is 0 Å². The van der Waals surface area contributed by atoms with E-state index in [1.165, 1.54) is 64.5 Å². The van der Waals surface area contributed by atoms with Gasteiger partial charge >= 0.3 is 0 Å². The minimum absolute atomic E-state index is 0.289. The van der Waals surface area contributed by atoms with Gasteiger partial charge in [-0.1, -0.05) is 53.4 Å². The zero-order valence-electron chi connectivity index (χ0n) is 13.8. The molecule has 1 saturated heterocycles. The van der Waals surface area contributed by atoms with Gasteiger partial charge < -0.3 is 5.73 Å². The van der Waals surface area contributed by atoms with Crippen LogP contribution in [0, 0.1) is 5.41 Å². The number of hydrogen-bond donors (Lipinski definition) is 1. The van der Waals surface area contributed by atoms with Crippen LogP contribution in [0.25, 0.3) is 0 Å². The summed E-state index contributed by atoms with van der Waals surface area (Å²) >= 11 is 0. The maximum Gasteiger partial charge on any atom is 0.0331 e. The molecule has 0 aromatic rings. The monoisotopic (exact) mass is 268 g/mol. The van der Waals surface area contributed by atoms with E-state index in [-0.39, 0.29) is 5.54 Å². The molecule has 0 atom stereocenters. The normalized spacial score (nSPS) is 20.7. The van der Waals surface area contributed by atoms with E-state index in [4.69, 9.17) is 5.73 Å². The molecule has 0 aromatic heterocycles. The first-order chi connectivity index (χ1) is 9.12. The van der Waals surface area contributed by atoms with Gasteiger partial charge in [-0.3, -0.25) is 4.90 Å². The van der Waals surface area contributed by atoms with Crippen LogP contribution >= 0.6 is 0 Å². The Morgan fingerprint density at radius 2 is 1.42 bits per heavy atom. The fraction of sp³-hybridized carbons (Fsp3) is 1.00. The molecule has 1 fully saturated rings. The highest BCUT2D eigenvalue weighted by Crippen LogP contribution is 2.41. The summed E-state index contributed by atoms with van der Waals surface area (Å²) in [5.41, 5.74) is 7.11. The molecular formula is C17H36N2. The molecule has 2 N–H and O–H groups in total. The molecule has 1 aliphatic heterocycles. The minimum Gasteiger partial charge on any atom is -0.329 e. The predicted octanol–water partition coefficient (Wildman–Crippen LogP) is 4.19. The van der Waals surface area contributed by atoms with E-state index < -0.39 is 0 Å². The highest BCUT2D eigenvalue weighted by molar-refractivity contribution is 4.95. The Bertz CT molecular complexity index is 230. The lowest BCUT2D eigenvalue weighted by Gasteiger charge is -2.50. The maximum absolute atomic E-state index is 6.20. The molecule has 1 aliphatic rings. The number of likely N-dealkylation sites (tertiary alicyclic amines) is 1. The Balaban J connectivity index is 2.73. The molecule has 114 valence electrons. The molecule has 1 rings (SSSR count). The van der Waals surface area contributed by atoms with Gasteiger partial charge in [0.05, 0.1) is 0 Å². The van der Waals surface area contributed by atoms with Crippen molar-refractivity contribution in [3.63, 3.8) is 0 Å². The highest BCUT2D eigenvalue weighted by atomic mass is 15.2. The van der Waals surface area contributed by atoms with Gasteiger partial charge in [-0.05, 0) is 44.2 Å². The third-order valence-electron chi connectivity index (χ3n) is 5.81.